The third kappa shape index (κ3) is 7.28. The highest BCUT2D eigenvalue weighted by molar-refractivity contribution is 5.68. The van der Waals surface area contributed by atoms with Crippen LogP contribution in [0.2, 0.25) is 0 Å². The first kappa shape index (κ1) is 23.7. The van der Waals surface area contributed by atoms with Gasteiger partial charge in [0.2, 0.25) is 0 Å². The summed E-state index contributed by atoms with van der Waals surface area (Å²) in [7, 11) is 1.57. The molecule has 0 aliphatic heterocycles. The van der Waals surface area contributed by atoms with E-state index in [0.29, 0.717) is 5.56 Å². The van der Waals surface area contributed by atoms with Crippen molar-refractivity contribution in [2.45, 2.75) is 26.2 Å². The van der Waals surface area contributed by atoms with Gasteiger partial charge in [0.25, 0.3) is 0 Å². The van der Waals surface area contributed by atoms with E-state index in [1.807, 2.05) is 60.7 Å². The molecular weight excluding hydrogens is 422 g/mol. The van der Waals surface area contributed by atoms with Crippen molar-refractivity contribution in [2.75, 3.05) is 13.6 Å². The van der Waals surface area contributed by atoms with E-state index in [1.165, 1.54) is 17.9 Å². The van der Waals surface area contributed by atoms with Gasteiger partial charge in [0.1, 0.15) is 19.3 Å². The van der Waals surface area contributed by atoms with E-state index < -0.39 is 18.2 Å². The van der Waals surface area contributed by atoms with E-state index in [2.05, 4.69) is 0 Å². The topological polar surface area (TPSA) is 85.3 Å². The summed E-state index contributed by atoms with van der Waals surface area (Å²) in [6.45, 7) is 1.77. The number of rotatable bonds is 9. The number of nitrogens with zero attached hydrogens (tertiary/aromatic N) is 1. The maximum absolute atomic E-state index is 12.4. The Morgan fingerprint density at radius 2 is 1.52 bits per heavy atom. The van der Waals surface area contributed by atoms with Gasteiger partial charge in [0, 0.05) is 14.0 Å². The monoisotopic (exact) mass is 449 g/mol. The number of carbonyl (C=O) groups is 2. The molecule has 0 saturated carbocycles. The Bertz CT molecular complexity index is 1050. The molecule has 3 aromatic rings. The smallest absolute Gasteiger partial charge is 0.409 e. The molecule has 0 aliphatic carbocycles. The number of benzene rings is 3. The molecule has 0 radical (unpaired) electrons. The molecule has 172 valence electrons. The van der Waals surface area contributed by atoms with Gasteiger partial charge in [-0.3, -0.25) is 4.79 Å². The van der Waals surface area contributed by atoms with Gasteiger partial charge >= 0.3 is 12.1 Å². The first-order valence-corrected chi connectivity index (χ1v) is 10.5. The van der Waals surface area contributed by atoms with Gasteiger partial charge in [0.05, 0.1) is 6.54 Å². The minimum atomic E-state index is -0.767. The zero-order valence-corrected chi connectivity index (χ0v) is 18.6. The van der Waals surface area contributed by atoms with Crippen molar-refractivity contribution >= 4 is 12.1 Å². The van der Waals surface area contributed by atoms with Crippen molar-refractivity contribution in [1.82, 2.24) is 4.90 Å². The molecule has 0 heterocycles. The predicted octanol–water partition coefficient (Wildman–Crippen LogP) is 4.84. The minimum Gasteiger partial charge on any atom is -0.504 e. The first-order valence-electron chi connectivity index (χ1n) is 10.5. The molecule has 1 unspecified atom stereocenters. The average Bonchev–Trinajstić information content (AvgIpc) is 2.82. The number of likely N-dealkylation sites (N-methyl/N-ethyl adjacent to an activating group) is 1. The van der Waals surface area contributed by atoms with Crippen LogP contribution in [0.15, 0.2) is 78.9 Å². The number of phenols is 1. The summed E-state index contributed by atoms with van der Waals surface area (Å²) in [6, 6.07) is 23.6. The lowest BCUT2D eigenvalue weighted by Gasteiger charge is -2.24. The molecule has 7 heteroatoms. The van der Waals surface area contributed by atoms with E-state index >= 15 is 0 Å². The summed E-state index contributed by atoms with van der Waals surface area (Å²) in [5.41, 5.74) is 2.39. The quantitative estimate of drug-likeness (QED) is 0.471. The fraction of sp³-hybridized carbons (Fsp3) is 0.231. The van der Waals surface area contributed by atoms with Gasteiger partial charge in [0.15, 0.2) is 11.5 Å². The maximum atomic E-state index is 12.4. The van der Waals surface area contributed by atoms with Crippen molar-refractivity contribution in [3.8, 4) is 11.5 Å². The van der Waals surface area contributed by atoms with Crippen LogP contribution >= 0.6 is 0 Å². The Hall–Kier alpha value is -4.00. The molecule has 0 bridgehead atoms. The summed E-state index contributed by atoms with van der Waals surface area (Å²) in [5.74, 6) is -0.277. The molecular formula is C26H27NO6. The number of ether oxygens (including phenoxy) is 3. The average molecular weight is 450 g/mol. The van der Waals surface area contributed by atoms with E-state index in [0.717, 1.165) is 11.1 Å². The molecule has 0 fully saturated rings. The number of hydrogen-bond acceptors (Lipinski definition) is 6. The molecule has 33 heavy (non-hydrogen) atoms. The summed E-state index contributed by atoms with van der Waals surface area (Å²) < 4.78 is 16.6. The Labute approximate surface area is 193 Å². The van der Waals surface area contributed by atoms with Crippen LogP contribution in [0.1, 0.15) is 29.7 Å². The van der Waals surface area contributed by atoms with Crippen LogP contribution < -0.4 is 4.74 Å². The Balaban J connectivity index is 1.68. The molecule has 0 aliphatic rings. The second-order valence-corrected chi connectivity index (χ2v) is 7.52. The molecule has 7 nitrogen and oxygen atoms in total. The zero-order valence-electron chi connectivity index (χ0n) is 18.6. The largest absolute Gasteiger partial charge is 0.504 e. The molecule has 3 rings (SSSR count). The first-order chi connectivity index (χ1) is 15.9. The maximum Gasteiger partial charge on any atom is 0.409 e. The number of hydrogen-bond donors (Lipinski definition) is 1. The molecule has 1 atom stereocenters. The van der Waals surface area contributed by atoms with Crippen LogP contribution in [0.3, 0.4) is 0 Å². The lowest BCUT2D eigenvalue weighted by atomic mass is 10.1. The number of amides is 1. The van der Waals surface area contributed by atoms with Crippen LogP contribution in [0.25, 0.3) is 0 Å². The van der Waals surface area contributed by atoms with Crippen LogP contribution in [0.5, 0.6) is 11.5 Å². The number of aromatic hydroxyl groups is 1. The Kier molecular flexibility index (Phi) is 8.30. The van der Waals surface area contributed by atoms with Gasteiger partial charge in [-0.25, -0.2) is 4.79 Å². The van der Waals surface area contributed by atoms with Crippen molar-refractivity contribution in [3.63, 3.8) is 0 Å². The lowest BCUT2D eigenvalue weighted by Crippen LogP contribution is -2.33. The highest BCUT2D eigenvalue weighted by atomic mass is 16.6. The van der Waals surface area contributed by atoms with Gasteiger partial charge in [-0.1, -0.05) is 66.7 Å². The normalized spacial score (nSPS) is 11.3. The fourth-order valence-corrected chi connectivity index (χ4v) is 3.15. The fourth-order valence-electron chi connectivity index (χ4n) is 3.15. The lowest BCUT2D eigenvalue weighted by molar-refractivity contribution is -0.147. The summed E-state index contributed by atoms with van der Waals surface area (Å²) in [5, 5.41) is 10.2. The molecule has 1 N–H and O–H groups in total. The zero-order chi connectivity index (χ0) is 23.6. The third-order valence-electron chi connectivity index (χ3n) is 4.86. The third-order valence-corrected chi connectivity index (χ3v) is 4.86. The molecule has 0 spiro atoms. The van der Waals surface area contributed by atoms with Crippen molar-refractivity contribution in [1.29, 1.82) is 0 Å². The van der Waals surface area contributed by atoms with Gasteiger partial charge in [-0.2, -0.15) is 0 Å². The highest BCUT2D eigenvalue weighted by Crippen LogP contribution is 2.31. The minimum absolute atomic E-state index is 0.0353. The molecule has 0 saturated heterocycles. The number of esters is 1. The second kappa shape index (κ2) is 11.6. The molecule has 3 aromatic carbocycles. The van der Waals surface area contributed by atoms with Gasteiger partial charge in [-0.15, -0.1) is 0 Å². The standard InChI is InChI=1S/C26H27NO6/c1-19(28)33-25(16-27(2)26(30)32-18-21-11-7-4-8-12-21)22-13-14-23(29)24(15-22)31-17-20-9-5-3-6-10-20/h3-15,25,29H,16-18H2,1-2H3. The van der Waals surface area contributed by atoms with Crippen LogP contribution in [0, 0.1) is 0 Å². The van der Waals surface area contributed by atoms with Crippen LogP contribution in [-0.2, 0) is 27.5 Å². The molecule has 0 aromatic heterocycles. The van der Waals surface area contributed by atoms with E-state index in [4.69, 9.17) is 14.2 Å². The number of phenolic OH excluding ortho intramolecular Hbond substituents is 1. The van der Waals surface area contributed by atoms with Gasteiger partial charge < -0.3 is 24.2 Å². The van der Waals surface area contributed by atoms with E-state index in [9.17, 15) is 14.7 Å². The van der Waals surface area contributed by atoms with Crippen molar-refractivity contribution in [3.05, 3.63) is 95.6 Å². The summed E-state index contributed by atoms with van der Waals surface area (Å²) in [6.07, 6.45) is -1.31. The predicted molar refractivity (Wildman–Crippen MR) is 123 cm³/mol. The van der Waals surface area contributed by atoms with Crippen molar-refractivity contribution < 1.29 is 28.9 Å². The summed E-state index contributed by atoms with van der Waals surface area (Å²) >= 11 is 0. The van der Waals surface area contributed by atoms with E-state index in [-0.39, 0.29) is 31.3 Å². The van der Waals surface area contributed by atoms with Crippen LogP contribution in [-0.4, -0.2) is 35.7 Å². The second-order valence-electron chi connectivity index (χ2n) is 7.52. The SMILES string of the molecule is CC(=O)OC(CN(C)C(=O)OCc1ccccc1)c1ccc(O)c(OCc2ccccc2)c1. The Morgan fingerprint density at radius 1 is 0.909 bits per heavy atom. The summed E-state index contributed by atoms with van der Waals surface area (Å²) in [4.78, 5) is 25.5. The van der Waals surface area contributed by atoms with E-state index in [1.54, 1.807) is 19.2 Å². The Morgan fingerprint density at radius 3 is 2.12 bits per heavy atom. The van der Waals surface area contributed by atoms with Crippen LogP contribution in [0.4, 0.5) is 4.79 Å². The van der Waals surface area contributed by atoms with Gasteiger partial charge in [-0.05, 0) is 28.8 Å². The number of carbonyl (C=O) groups excluding carboxylic acids is 2. The highest BCUT2D eigenvalue weighted by Gasteiger charge is 2.22. The molecule has 1 amide bonds. The van der Waals surface area contributed by atoms with Crippen molar-refractivity contribution in [2.24, 2.45) is 0 Å².